The van der Waals surface area contributed by atoms with E-state index in [-0.39, 0.29) is 17.3 Å². The van der Waals surface area contributed by atoms with E-state index in [9.17, 15) is 14.0 Å². The number of urea groups is 1. The van der Waals surface area contributed by atoms with Crippen molar-refractivity contribution in [3.05, 3.63) is 76.0 Å². The summed E-state index contributed by atoms with van der Waals surface area (Å²) in [6.07, 6.45) is 1.20. The molecule has 0 unspecified atom stereocenters. The van der Waals surface area contributed by atoms with Crippen LogP contribution in [0, 0.1) is 5.82 Å². The summed E-state index contributed by atoms with van der Waals surface area (Å²) in [5.74, 6) is -0.590. The van der Waals surface area contributed by atoms with Gasteiger partial charge in [0, 0.05) is 23.4 Å². The van der Waals surface area contributed by atoms with Gasteiger partial charge in [0.2, 0.25) is 0 Å². The first kappa shape index (κ1) is 23.0. The van der Waals surface area contributed by atoms with Crippen LogP contribution in [0.15, 0.2) is 48.8 Å². The molecule has 0 radical (unpaired) electrons. The zero-order valence-corrected chi connectivity index (χ0v) is 19.1. The Morgan fingerprint density at radius 3 is 2.61 bits per heavy atom. The lowest BCUT2D eigenvalue weighted by atomic mass is 10.1. The van der Waals surface area contributed by atoms with E-state index in [1.54, 1.807) is 16.8 Å². The lowest BCUT2D eigenvalue weighted by Crippen LogP contribution is -2.37. The molecule has 1 fully saturated rings. The molecule has 1 aliphatic rings. The number of hydrogen-bond donors (Lipinski definition) is 1. The Balaban J connectivity index is 1.59. The minimum Gasteiger partial charge on any atom is -0.461 e. The highest BCUT2D eigenvalue weighted by Crippen LogP contribution is 2.33. The van der Waals surface area contributed by atoms with Gasteiger partial charge in [0.05, 0.1) is 24.8 Å². The van der Waals surface area contributed by atoms with E-state index in [0.29, 0.717) is 23.8 Å². The molecule has 1 N–H and O–H groups in total. The minimum atomic E-state index is -0.658. The highest BCUT2D eigenvalue weighted by molar-refractivity contribution is 6.30. The lowest BCUT2D eigenvalue weighted by molar-refractivity contribution is -0.145. The molecule has 1 aromatic heterocycles. The van der Waals surface area contributed by atoms with Crippen LogP contribution in [-0.4, -0.2) is 44.3 Å². The van der Waals surface area contributed by atoms with Crippen LogP contribution in [-0.2, 0) is 16.1 Å². The van der Waals surface area contributed by atoms with Crippen molar-refractivity contribution in [2.45, 2.75) is 32.0 Å². The van der Waals surface area contributed by atoms with Gasteiger partial charge < -0.3 is 15.0 Å². The molecule has 0 bridgehead atoms. The number of hydrogen-bond acceptors (Lipinski definition) is 5. The summed E-state index contributed by atoms with van der Waals surface area (Å²) in [5.41, 5.74) is 0.932. The molecule has 172 valence electrons. The monoisotopic (exact) mass is 491 g/mol. The zero-order valence-electron chi connectivity index (χ0n) is 17.5. The van der Waals surface area contributed by atoms with Crippen LogP contribution >= 0.6 is 23.2 Å². The number of halogens is 3. The first-order valence-electron chi connectivity index (χ1n) is 10.1. The number of esters is 1. The average Bonchev–Trinajstić information content (AvgIpc) is 3.38. The van der Waals surface area contributed by atoms with E-state index in [4.69, 9.17) is 27.9 Å². The number of carbonyl (C=O) groups is 2. The van der Waals surface area contributed by atoms with Gasteiger partial charge in [-0.15, -0.1) is 0 Å². The van der Waals surface area contributed by atoms with E-state index >= 15 is 0 Å². The Morgan fingerprint density at radius 2 is 1.91 bits per heavy atom. The Morgan fingerprint density at radius 1 is 1.18 bits per heavy atom. The van der Waals surface area contributed by atoms with Crippen molar-refractivity contribution < 1.29 is 18.7 Å². The highest BCUT2D eigenvalue weighted by atomic mass is 35.5. The molecule has 33 heavy (non-hydrogen) atoms. The Kier molecular flexibility index (Phi) is 6.80. The number of rotatable bonds is 5. The molecule has 0 aliphatic carbocycles. The summed E-state index contributed by atoms with van der Waals surface area (Å²) in [5, 5.41) is 7.70. The molecule has 8 nitrogen and oxygen atoms in total. The number of ether oxygens (including phenoxy) is 1. The number of amides is 2. The third-order valence-corrected chi connectivity index (χ3v) is 5.71. The third kappa shape index (κ3) is 5.43. The summed E-state index contributed by atoms with van der Waals surface area (Å²) in [7, 11) is 0. The van der Waals surface area contributed by atoms with E-state index < -0.39 is 30.0 Å². The first-order valence-corrected chi connectivity index (χ1v) is 10.9. The molecule has 0 saturated carbocycles. The topological polar surface area (TPSA) is 89.3 Å². The van der Waals surface area contributed by atoms with Gasteiger partial charge in [0.15, 0.2) is 0 Å². The molecule has 3 aromatic rings. The molecule has 0 spiro atoms. The predicted octanol–water partition coefficient (Wildman–Crippen LogP) is 4.68. The van der Waals surface area contributed by atoms with Crippen molar-refractivity contribution in [1.82, 2.24) is 19.7 Å². The van der Waals surface area contributed by atoms with Crippen molar-refractivity contribution in [2.24, 2.45) is 0 Å². The molecular formula is C22H20Cl2FN5O3. The van der Waals surface area contributed by atoms with Gasteiger partial charge in [-0.25, -0.2) is 18.9 Å². The predicted molar refractivity (Wildman–Crippen MR) is 121 cm³/mol. The fourth-order valence-electron chi connectivity index (χ4n) is 3.78. The number of aromatic nitrogens is 3. The van der Waals surface area contributed by atoms with Gasteiger partial charge in [-0.05, 0) is 35.9 Å². The third-order valence-electron chi connectivity index (χ3n) is 5.22. The molecule has 1 saturated heterocycles. The second-order valence-corrected chi connectivity index (χ2v) is 8.46. The van der Waals surface area contributed by atoms with Crippen LogP contribution in [0.5, 0.6) is 0 Å². The molecule has 2 amide bonds. The lowest BCUT2D eigenvalue weighted by Gasteiger charge is -2.24. The molecule has 1 aliphatic heterocycles. The van der Waals surface area contributed by atoms with Crippen LogP contribution in [0.3, 0.4) is 0 Å². The van der Waals surface area contributed by atoms with Crippen molar-refractivity contribution in [3.63, 3.8) is 0 Å². The normalized spacial score (nSPS) is 17.8. The number of likely N-dealkylation sites (tertiary alicyclic amines) is 1. The molecule has 2 atom stereocenters. The molecule has 11 heteroatoms. The van der Waals surface area contributed by atoms with Crippen LogP contribution < -0.4 is 5.32 Å². The van der Waals surface area contributed by atoms with E-state index in [0.717, 1.165) is 11.6 Å². The van der Waals surface area contributed by atoms with Crippen molar-refractivity contribution in [2.75, 3.05) is 11.9 Å². The number of carbonyl (C=O) groups excluding carboxylic acids is 2. The average molecular weight is 492 g/mol. The van der Waals surface area contributed by atoms with Gasteiger partial charge in [-0.1, -0.05) is 35.3 Å². The maximum atomic E-state index is 14.2. The van der Waals surface area contributed by atoms with Crippen molar-refractivity contribution >= 4 is 40.9 Å². The first-order chi connectivity index (χ1) is 15.8. The summed E-state index contributed by atoms with van der Waals surface area (Å²) < 4.78 is 21.3. The largest absolute Gasteiger partial charge is 0.461 e. The van der Waals surface area contributed by atoms with Gasteiger partial charge in [-0.3, -0.25) is 4.79 Å². The van der Waals surface area contributed by atoms with Crippen LogP contribution in [0.25, 0.3) is 0 Å². The number of nitrogens with zero attached hydrogens (tertiary/aromatic N) is 4. The van der Waals surface area contributed by atoms with Crippen molar-refractivity contribution in [3.8, 4) is 0 Å². The Labute approximate surface area is 199 Å². The Hall–Kier alpha value is -3.17. The molecule has 2 heterocycles. The molecule has 2 aromatic carbocycles. The number of nitrogens with one attached hydrogen (secondary N) is 1. The smallest absolute Gasteiger partial charge is 0.322 e. The Bertz CT molecular complexity index is 1170. The van der Waals surface area contributed by atoms with Crippen LogP contribution in [0.4, 0.5) is 14.9 Å². The standard InChI is InChI=1S/C22H20Cl2FN5O3/c1-13(31)33-17-9-20(21-26-12-27-30(21)10-14-2-4-15(23)5-3-14)29(11-17)22(32)28-19-7-6-16(24)8-18(19)25/h2-8,12,17,20H,9-11H2,1H3,(H,28,32)/t17-,20-/m1/s1. The maximum absolute atomic E-state index is 14.2. The van der Waals surface area contributed by atoms with Crippen LogP contribution in [0.1, 0.15) is 30.8 Å². The summed E-state index contributed by atoms with van der Waals surface area (Å²) >= 11 is 11.8. The fraction of sp³-hybridized carbons (Fsp3) is 0.273. The van der Waals surface area contributed by atoms with Gasteiger partial charge in [0.1, 0.15) is 24.1 Å². The van der Waals surface area contributed by atoms with Crippen molar-refractivity contribution in [1.29, 1.82) is 0 Å². The quantitative estimate of drug-likeness (QED) is 0.523. The second-order valence-electron chi connectivity index (χ2n) is 7.59. The zero-order chi connectivity index (χ0) is 23.5. The SMILES string of the molecule is CC(=O)O[C@@H]1C[C@H](c2ncnn2Cc2ccc(Cl)cc2)N(C(=O)Nc2ccc(Cl)cc2F)C1. The summed E-state index contributed by atoms with van der Waals surface area (Å²) in [4.78, 5) is 30.5. The van der Waals surface area contributed by atoms with E-state index in [2.05, 4.69) is 15.4 Å². The minimum absolute atomic E-state index is 0.0123. The second kappa shape index (κ2) is 9.76. The van der Waals surface area contributed by atoms with E-state index in [1.165, 1.54) is 30.3 Å². The molecular weight excluding hydrogens is 472 g/mol. The van der Waals surface area contributed by atoms with Crippen LogP contribution in [0.2, 0.25) is 10.0 Å². The molecule has 4 rings (SSSR count). The van der Waals surface area contributed by atoms with Gasteiger partial charge in [-0.2, -0.15) is 5.10 Å². The number of benzene rings is 2. The van der Waals surface area contributed by atoms with Gasteiger partial charge in [0.25, 0.3) is 0 Å². The summed E-state index contributed by atoms with van der Waals surface area (Å²) in [6.45, 7) is 1.84. The van der Waals surface area contributed by atoms with Gasteiger partial charge >= 0.3 is 12.0 Å². The van der Waals surface area contributed by atoms with E-state index in [1.807, 2.05) is 12.1 Å². The highest BCUT2D eigenvalue weighted by Gasteiger charge is 2.40. The summed E-state index contributed by atoms with van der Waals surface area (Å²) in [6, 6.07) is 10.2. The maximum Gasteiger partial charge on any atom is 0.322 e. The number of anilines is 1. The fourth-order valence-corrected chi connectivity index (χ4v) is 4.07.